The summed E-state index contributed by atoms with van der Waals surface area (Å²) in [5, 5.41) is 11.7. The van der Waals surface area contributed by atoms with E-state index in [1.54, 1.807) is 0 Å². The fourth-order valence-corrected chi connectivity index (χ4v) is 1.69. The Labute approximate surface area is 97.6 Å². The highest BCUT2D eigenvalue weighted by atomic mass is 79.9. The van der Waals surface area contributed by atoms with Crippen molar-refractivity contribution in [1.82, 2.24) is 5.32 Å². The zero-order valence-electron chi connectivity index (χ0n) is 8.53. The Morgan fingerprint density at radius 3 is 2.80 bits per heavy atom. The standard InChI is InChI=1S/C11H14BrNO2/c1-8(6-11(14)15)13-7-9-4-2-3-5-10(9)12/h2-5,8,13H,6-7H2,1H3,(H,14,15). The highest BCUT2D eigenvalue weighted by Gasteiger charge is 2.07. The Hall–Kier alpha value is -0.870. The Balaban J connectivity index is 2.43. The van der Waals surface area contributed by atoms with Gasteiger partial charge in [0, 0.05) is 17.1 Å². The van der Waals surface area contributed by atoms with Crippen molar-refractivity contribution in [3.63, 3.8) is 0 Å². The van der Waals surface area contributed by atoms with Gasteiger partial charge >= 0.3 is 5.97 Å². The van der Waals surface area contributed by atoms with Crippen LogP contribution in [0.1, 0.15) is 18.9 Å². The molecule has 0 radical (unpaired) electrons. The zero-order chi connectivity index (χ0) is 11.3. The van der Waals surface area contributed by atoms with E-state index in [0.717, 1.165) is 10.0 Å². The van der Waals surface area contributed by atoms with Crippen LogP contribution in [0.2, 0.25) is 0 Å². The minimum absolute atomic E-state index is 0.0189. The van der Waals surface area contributed by atoms with Gasteiger partial charge in [-0.25, -0.2) is 0 Å². The molecule has 0 saturated carbocycles. The topological polar surface area (TPSA) is 49.3 Å². The summed E-state index contributed by atoms with van der Waals surface area (Å²) in [6, 6.07) is 7.87. The summed E-state index contributed by atoms with van der Waals surface area (Å²) >= 11 is 3.44. The molecule has 0 aliphatic carbocycles. The third-order valence-electron chi connectivity index (χ3n) is 2.08. The van der Waals surface area contributed by atoms with E-state index in [1.165, 1.54) is 0 Å². The number of halogens is 1. The molecule has 1 unspecified atom stereocenters. The fourth-order valence-electron chi connectivity index (χ4n) is 1.26. The smallest absolute Gasteiger partial charge is 0.304 e. The summed E-state index contributed by atoms with van der Waals surface area (Å²) in [6.45, 7) is 2.54. The van der Waals surface area contributed by atoms with Crippen LogP contribution in [0.5, 0.6) is 0 Å². The third kappa shape index (κ3) is 4.44. The van der Waals surface area contributed by atoms with E-state index in [4.69, 9.17) is 5.11 Å². The number of benzene rings is 1. The van der Waals surface area contributed by atoms with Gasteiger partial charge in [-0.2, -0.15) is 0 Å². The molecule has 1 aromatic carbocycles. The van der Waals surface area contributed by atoms with Crippen LogP contribution in [0.4, 0.5) is 0 Å². The fraction of sp³-hybridized carbons (Fsp3) is 0.364. The molecule has 82 valence electrons. The van der Waals surface area contributed by atoms with Crippen molar-refractivity contribution in [3.05, 3.63) is 34.3 Å². The first-order chi connectivity index (χ1) is 7.09. The number of rotatable bonds is 5. The van der Waals surface area contributed by atoms with Gasteiger partial charge in [0.05, 0.1) is 6.42 Å². The number of hydrogen-bond acceptors (Lipinski definition) is 2. The van der Waals surface area contributed by atoms with Gasteiger partial charge in [-0.1, -0.05) is 34.1 Å². The van der Waals surface area contributed by atoms with E-state index >= 15 is 0 Å². The SMILES string of the molecule is CC(CC(=O)O)NCc1ccccc1Br. The van der Waals surface area contributed by atoms with Gasteiger partial charge < -0.3 is 10.4 Å². The summed E-state index contributed by atoms with van der Waals surface area (Å²) in [5.74, 6) is -0.776. The predicted octanol–water partition coefficient (Wildman–Crippen LogP) is 2.40. The molecule has 0 spiro atoms. The van der Waals surface area contributed by atoms with E-state index < -0.39 is 5.97 Å². The van der Waals surface area contributed by atoms with E-state index in [9.17, 15) is 4.79 Å². The van der Waals surface area contributed by atoms with Crippen LogP contribution in [-0.4, -0.2) is 17.1 Å². The van der Waals surface area contributed by atoms with Crippen molar-refractivity contribution in [2.75, 3.05) is 0 Å². The first-order valence-electron chi connectivity index (χ1n) is 4.78. The van der Waals surface area contributed by atoms with E-state index in [1.807, 2.05) is 31.2 Å². The summed E-state index contributed by atoms with van der Waals surface area (Å²) in [6.07, 6.45) is 0.143. The molecular formula is C11H14BrNO2. The van der Waals surface area contributed by atoms with Gasteiger partial charge in [0.2, 0.25) is 0 Å². The molecule has 2 N–H and O–H groups in total. The minimum Gasteiger partial charge on any atom is -0.481 e. The first kappa shape index (κ1) is 12.2. The van der Waals surface area contributed by atoms with Crippen LogP contribution in [0.15, 0.2) is 28.7 Å². The molecule has 1 atom stereocenters. The molecule has 3 nitrogen and oxygen atoms in total. The molecule has 4 heteroatoms. The second-order valence-corrected chi connectivity index (χ2v) is 4.33. The lowest BCUT2D eigenvalue weighted by atomic mass is 10.2. The van der Waals surface area contributed by atoms with Gasteiger partial charge in [-0.15, -0.1) is 0 Å². The van der Waals surface area contributed by atoms with Gasteiger partial charge in [0.1, 0.15) is 0 Å². The maximum atomic E-state index is 10.4. The van der Waals surface area contributed by atoms with Crippen LogP contribution in [0.3, 0.4) is 0 Å². The molecule has 0 aliphatic heterocycles. The van der Waals surface area contributed by atoms with Crippen LogP contribution < -0.4 is 5.32 Å². The molecule has 0 heterocycles. The lowest BCUT2D eigenvalue weighted by molar-refractivity contribution is -0.137. The Morgan fingerprint density at radius 2 is 2.20 bits per heavy atom. The largest absolute Gasteiger partial charge is 0.481 e. The number of nitrogens with one attached hydrogen (secondary N) is 1. The highest BCUT2D eigenvalue weighted by molar-refractivity contribution is 9.10. The summed E-state index contributed by atoms with van der Waals surface area (Å²) in [5.41, 5.74) is 1.13. The van der Waals surface area contributed by atoms with Crippen molar-refractivity contribution < 1.29 is 9.90 Å². The second kappa shape index (κ2) is 5.88. The average molecular weight is 272 g/mol. The van der Waals surface area contributed by atoms with E-state index in [-0.39, 0.29) is 12.5 Å². The van der Waals surface area contributed by atoms with Gasteiger partial charge in [-0.05, 0) is 18.6 Å². The van der Waals surface area contributed by atoms with Crippen molar-refractivity contribution in [3.8, 4) is 0 Å². The lowest BCUT2D eigenvalue weighted by Crippen LogP contribution is -2.28. The molecule has 1 rings (SSSR count). The molecular weight excluding hydrogens is 258 g/mol. The molecule has 0 amide bonds. The second-order valence-electron chi connectivity index (χ2n) is 3.47. The van der Waals surface area contributed by atoms with E-state index in [0.29, 0.717) is 6.54 Å². The molecule has 0 saturated heterocycles. The monoisotopic (exact) mass is 271 g/mol. The number of carbonyl (C=O) groups is 1. The summed E-state index contributed by atoms with van der Waals surface area (Å²) in [4.78, 5) is 10.4. The Bertz CT molecular complexity index is 341. The van der Waals surface area contributed by atoms with Crippen LogP contribution in [0.25, 0.3) is 0 Å². The number of hydrogen-bond donors (Lipinski definition) is 2. The minimum atomic E-state index is -0.776. The van der Waals surface area contributed by atoms with E-state index in [2.05, 4.69) is 21.2 Å². The number of aliphatic carboxylic acids is 1. The van der Waals surface area contributed by atoms with Crippen LogP contribution in [0, 0.1) is 0 Å². The van der Waals surface area contributed by atoms with Crippen molar-refractivity contribution >= 4 is 21.9 Å². The number of carboxylic acids is 1. The quantitative estimate of drug-likeness (QED) is 0.865. The first-order valence-corrected chi connectivity index (χ1v) is 5.57. The maximum Gasteiger partial charge on any atom is 0.304 e. The normalized spacial score (nSPS) is 12.4. The van der Waals surface area contributed by atoms with Crippen molar-refractivity contribution in [2.45, 2.75) is 25.9 Å². The third-order valence-corrected chi connectivity index (χ3v) is 2.85. The highest BCUT2D eigenvalue weighted by Crippen LogP contribution is 2.15. The maximum absolute atomic E-state index is 10.4. The summed E-state index contributed by atoms with van der Waals surface area (Å²) in [7, 11) is 0. The summed E-state index contributed by atoms with van der Waals surface area (Å²) < 4.78 is 1.04. The van der Waals surface area contributed by atoms with Gasteiger partial charge in [0.25, 0.3) is 0 Å². The Kier molecular flexibility index (Phi) is 4.78. The molecule has 0 aliphatic rings. The molecule has 1 aromatic rings. The average Bonchev–Trinajstić information content (AvgIpc) is 2.15. The van der Waals surface area contributed by atoms with Gasteiger partial charge in [-0.3, -0.25) is 4.79 Å². The van der Waals surface area contributed by atoms with Crippen molar-refractivity contribution in [1.29, 1.82) is 0 Å². The molecule has 15 heavy (non-hydrogen) atoms. The van der Waals surface area contributed by atoms with Crippen LogP contribution >= 0.6 is 15.9 Å². The van der Waals surface area contributed by atoms with Gasteiger partial charge in [0.15, 0.2) is 0 Å². The zero-order valence-corrected chi connectivity index (χ0v) is 10.1. The van der Waals surface area contributed by atoms with Crippen LogP contribution in [-0.2, 0) is 11.3 Å². The molecule has 0 fully saturated rings. The predicted molar refractivity (Wildman–Crippen MR) is 62.7 cm³/mol. The lowest BCUT2D eigenvalue weighted by Gasteiger charge is -2.12. The number of carboxylic acid groups (broad SMARTS) is 1. The van der Waals surface area contributed by atoms with Crippen molar-refractivity contribution in [2.24, 2.45) is 0 Å². The molecule has 0 aromatic heterocycles. The molecule has 0 bridgehead atoms. The Morgan fingerprint density at radius 1 is 1.53 bits per heavy atom.